The number of ether oxygens (including phenoxy) is 1. The van der Waals surface area contributed by atoms with Gasteiger partial charge >= 0.3 is 5.97 Å². The number of carboxylic acids is 1. The van der Waals surface area contributed by atoms with E-state index in [4.69, 9.17) is 9.84 Å². The van der Waals surface area contributed by atoms with E-state index in [1.165, 1.54) is 0 Å². The molecule has 0 aliphatic carbocycles. The summed E-state index contributed by atoms with van der Waals surface area (Å²) in [5.74, 6) is -0.988. The van der Waals surface area contributed by atoms with Gasteiger partial charge < -0.3 is 20.5 Å². The molecule has 2 aromatic carbocycles. The number of anilines is 1. The lowest BCUT2D eigenvalue weighted by Gasteiger charge is -2.13. The highest BCUT2D eigenvalue weighted by atomic mass is 16.5. The van der Waals surface area contributed by atoms with E-state index in [1.54, 1.807) is 31.4 Å². The summed E-state index contributed by atoms with van der Waals surface area (Å²) in [5, 5.41) is 13.7. The zero-order valence-corrected chi connectivity index (χ0v) is 15.9. The fourth-order valence-electron chi connectivity index (χ4n) is 2.60. The van der Waals surface area contributed by atoms with Crippen LogP contribution in [-0.2, 0) is 27.2 Å². The lowest BCUT2D eigenvalue weighted by atomic mass is 10.00. The smallest absolute Gasteiger partial charge is 0.322 e. The van der Waals surface area contributed by atoms with E-state index in [1.807, 2.05) is 31.2 Å². The van der Waals surface area contributed by atoms with Crippen LogP contribution in [0.4, 0.5) is 5.69 Å². The van der Waals surface area contributed by atoms with Crippen molar-refractivity contribution in [2.45, 2.75) is 19.8 Å². The molecule has 2 amide bonds. The van der Waals surface area contributed by atoms with Crippen LogP contribution in [0.3, 0.4) is 0 Å². The zero-order valence-electron chi connectivity index (χ0n) is 15.9. The predicted octanol–water partition coefficient (Wildman–Crippen LogP) is 2.26. The molecule has 7 heteroatoms. The van der Waals surface area contributed by atoms with Crippen molar-refractivity contribution in [2.75, 3.05) is 19.0 Å². The summed E-state index contributed by atoms with van der Waals surface area (Å²) >= 11 is 0. The Balaban J connectivity index is 1.85. The molecule has 7 nitrogen and oxygen atoms in total. The highest BCUT2D eigenvalue weighted by Crippen LogP contribution is 2.17. The summed E-state index contributed by atoms with van der Waals surface area (Å²) in [7, 11) is 1.61. The second-order valence-corrected chi connectivity index (χ2v) is 6.49. The van der Waals surface area contributed by atoms with Crippen LogP contribution in [-0.4, -0.2) is 36.5 Å². The quantitative estimate of drug-likeness (QED) is 0.615. The third-order valence-corrected chi connectivity index (χ3v) is 4.17. The van der Waals surface area contributed by atoms with Crippen molar-refractivity contribution in [3.63, 3.8) is 0 Å². The molecular weight excluding hydrogens is 360 g/mol. The molecule has 0 spiro atoms. The first kappa shape index (κ1) is 21.0. The monoisotopic (exact) mass is 384 g/mol. The maximum absolute atomic E-state index is 12.4. The van der Waals surface area contributed by atoms with E-state index in [0.717, 1.165) is 16.9 Å². The number of carboxylic acid groups (broad SMARTS) is 1. The topological polar surface area (TPSA) is 105 Å². The molecule has 148 valence electrons. The maximum Gasteiger partial charge on any atom is 0.322 e. The van der Waals surface area contributed by atoms with E-state index in [-0.39, 0.29) is 24.2 Å². The second kappa shape index (κ2) is 10.1. The molecule has 1 atom stereocenters. The average molecular weight is 384 g/mol. The highest BCUT2D eigenvalue weighted by Gasteiger charge is 2.14. The summed E-state index contributed by atoms with van der Waals surface area (Å²) in [4.78, 5) is 34.5. The van der Waals surface area contributed by atoms with Crippen molar-refractivity contribution in [1.82, 2.24) is 5.32 Å². The normalized spacial score (nSPS) is 11.4. The van der Waals surface area contributed by atoms with Crippen molar-refractivity contribution in [3.05, 3.63) is 59.7 Å². The van der Waals surface area contributed by atoms with Crippen LogP contribution >= 0.6 is 0 Å². The van der Waals surface area contributed by atoms with Gasteiger partial charge in [0.15, 0.2) is 0 Å². The van der Waals surface area contributed by atoms with Gasteiger partial charge in [-0.3, -0.25) is 14.4 Å². The van der Waals surface area contributed by atoms with Crippen LogP contribution in [0.2, 0.25) is 0 Å². The molecule has 0 aliphatic rings. The van der Waals surface area contributed by atoms with Crippen molar-refractivity contribution < 1.29 is 24.2 Å². The van der Waals surface area contributed by atoms with Gasteiger partial charge in [0.1, 0.15) is 12.3 Å². The van der Waals surface area contributed by atoms with E-state index in [0.29, 0.717) is 12.1 Å². The first-order chi connectivity index (χ1) is 13.4. The Hall–Kier alpha value is -3.35. The number of hydrogen-bond donors (Lipinski definition) is 3. The predicted molar refractivity (Wildman–Crippen MR) is 105 cm³/mol. The second-order valence-electron chi connectivity index (χ2n) is 6.49. The molecule has 0 aromatic heterocycles. The number of carbonyl (C=O) groups excluding carboxylic acids is 2. The lowest BCUT2D eigenvalue weighted by Crippen LogP contribution is -2.30. The van der Waals surface area contributed by atoms with Gasteiger partial charge in [-0.1, -0.05) is 31.2 Å². The summed E-state index contributed by atoms with van der Waals surface area (Å²) < 4.78 is 5.13. The molecule has 0 bridgehead atoms. The average Bonchev–Trinajstić information content (AvgIpc) is 2.68. The highest BCUT2D eigenvalue weighted by molar-refractivity contribution is 5.92. The minimum Gasteiger partial charge on any atom is -0.497 e. The van der Waals surface area contributed by atoms with Crippen molar-refractivity contribution in [3.8, 4) is 5.75 Å². The minimum atomic E-state index is -1.09. The van der Waals surface area contributed by atoms with Gasteiger partial charge in [0.05, 0.1) is 13.5 Å². The summed E-state index contributed by atoms with van der Waals surface area (Å²) in [6.07, 6.45) is 0.688. The fourth-order valence-corrected chi connectivity index (χ4v) is 2.60. The molecule has 0 saturated heterocycles. The van der Waals surface area contributed by atoms with Gasteiger partial charge in [-0.2, -0.15) is 0 Å². The Bertz CT molecular complexity index is 816. The first-order valence-corrected chi connectivity index (χ1v) is 8.88. The van der Waals surface area contributed by atoms with Gasteiger partial charge in [-0.15, -0.1) is 0 Å². The van der Waals surface area contributed by atoms with Gasteiger partial charge in [-0.25, -0.2) is 0 Å². The summed E-state index contributed by atoms with van der Waals surface area (Å²) in [6, 6.07) is 14.5. The number of amides is 2. The van der Waals surface area contributed by atoms with Crippen LogP contribution in [0, 0.1) is 5.92 Å². The molecule has 0 fully saturated rings. The molecule has 3 N–H and O–H groups in total. The zero-order chi connectivity index (χ0) is 20.5. The Morgan fingerprint density at radius 1 is 1.00 bits per heavy atom. The summed E-state index contributed by atoms with van der Waals surface area (Å²) in [6.45, 7) is 1.46. The van der Waals surface area contributed by atoms with E-state index >= 15 is 0 Å². The van der Waals surface area contributed by atoms with Gasteiger partial charge in [0.25, 0.3) is 0 Å². The molecule has 2 rings (SSSR count). The molecular formula is C21H24N2O5. The lowest BCUT2D eigenvalue weighted by molar-refractivity contribution is -0.137. The number of benzene rings is 2. The van der Waals surface area contributed by atoms with Crippen molar-refractivity contribution >= 4 is 23.5 Å². The molecule has 0 radical (unpaired) electrons. The Morgan fingerprint density at radius 3 is 2.18 bits per heavy atom. The maximum atomic E-state index is 12.4. The standard InChI is InChI=1S/C21H24N2O5/c1-14(11-15-5-9-18(28-2)10-6-15)21(27)23-17-7-3-16(4-8-17)12-19(24)22-13-20(25)26/h3-10,14H,11-13H2,1-2H3,(H,22,24)(H,23,27)(H,25,26). The van der Waals surface area contributed by atoms with E-state index < -0.39 is 12.5 Å². The molecule has 2 aromatic rings. The van der Waals surface area contributed by atoms with Crippen molar-refractivity contribution in [1.29, 1.82) is 0 Å². The van der Waals surface area contributed by atoms with Crippen LogP contribution in [0.25, 0.3) is 0 Å². The summed E-state index contributed by atoms with van der Waals surface area (Å²) in [5.41, 5.74) is 2.42. The van der Waals surface area contributed by atoms with Gasteiger partial charge in [-0.05, 0) is 41.8 Å². The van der Waals surface area contributed by atoms with Gasteiger partial charge in [0.2, 0.25) is 11.8 Å². The number of hydrogen-bond acceptors (Lipinski definition) is 4. The largest absolute Gasteiger partial charge is 0.497 e. The number of rotatable bonds is 9. The molecule has 0 saturated carbocycles. The third-order valence-electron chi connectivity index (χ3n) is 4.17. The molecule has 0 aliphatic heterocycles. The molecule has 28 heavy (non-hydrogen) atoms. The van der Waals surface area contributed by atoms with Gasteiger partial charge in [0, 0.05) is 11.6 Å². The number of methoxy groups -OCH3 is 1. The first-order valence-electron chi connectivity index (χ1n) is 8.88. The Morgan fingerprint density at radius 2 is 1.61 bits per heavy atom. The molecule has 0 heterocycles. The van der Waals surface area contributed by atoms with Crippen LogP contribution in [0.5, 0.6) is 5.75 Å². The van der Waals surface area contributed by atoms with Crippen LogP contribution in [0.15, 0.2) is 48.5 Å². The fraction of sp³-hybridized carbons (Fsp3) is 0.286. The number of aliphatic carboxylic acids is 1. The van der Waals surface area contributed by atoms with E-state index in [9.17, 15) is 14.4 Å². The minimum absolute atomic E-state index is 0.0787. The SMILES string of the molecule is COc1ccc(CC(C)C(=O)Nc2ccc(CC(=O)NCC(=O)O)cc2)cc1. The van der Waals surface area contributed by atoms with Crippen LogP contribution < -0.4 is 15.4 Å². The number of carbonyl (C=O) groups is 3. The number of nitrogens with one attached hydrogen (secondary N) is 2. The van der Waals surface area contributed by atoms with Crippen molar-refractivity contribution in [2.24, 2.45) is 5.92 Å². The Kier molecular flexibility index (Phi) is 7.56. The Labute approximate surface area is 163 Å². The third kappa shape index (κ3) is 6.75. The molecule has 1 unspecified atom stereocenters. The van der Waals surface area contributed by atoms with Crippen LogP contribution in [0.1, 0.15) is 18.1 Å². The van der Waals surface area contributed by atoms with E-state index in [2.05, 4.69) is 10.6 Å².